The van der Waals surface area contributed by atoms with Crippen LogP contribution in [0.2, 0.25) is 0 Å². The Hall–Kier alpha value is -0.120. The van der Waals surface area contributed by atoms with E-state index in [1.807, 2.05) is 0 Å². The van der Waals surface area contributed by atoms with Gasteiger partial charge in [0.05, 0.1) is 18.8 Å². The van der Waals surface area contributed by atoms with Gasteiger partial charge in [0, 0.05) is 5.92 Å². The molecular weight excluding hydrogens is 216 g/mol. The van der Waals surface area contributed by atoms with Crippen LogP contribution in [0.25, 0.3) is 0 Å². The molecule has 0 atom stereocenters. The molecule has 0 aromatic rings. The Kier molecular flexibility index (Phi) is 7.09. The molecule has 3 nitrogen and oxygen atoms in total. The lowest BCUT2D eigenvalue weighted by molar-refractivity contribution is -0.0739. The van der Waals surface area contributed by atoms with E-state index in [-0.39, 0.29) is 19.1 Å². The largest absolute Gasteiger partial charge is 0.396 e. The van der Waals surface area contributed by atoms with Gasteiger partial charge in [0.2, 0.25) is 0 Å². The van der Waals surface area contributed by atoms with Crippen LogP contribution in [-0.2, 0) is 0 Å². The van der Waals surface area contributed by atoms with E-state index in [2.05, 4.69) is 0 Å². The van der Waals surface area contributed by atoms with Gasteiger partial charge in [-0.15, -0.1) is 0 Å². The maximum absolute atomic E-state index is 10.6. The summed E-state index contributed by atoms with van der Waals surface area (Å²) in [5, 5.41) is 29.2. The van der Waals surface area contributed by atoms with Crippen molar-refractivity contribution in [3.05, 3.63) is 0 Å². The third-order valence-electron chi connectivity index (χ3n) is 4.17. The maximum Gasteiger partial charge on any atom is 0.0719 e. The molecule has 1 rings (SSSR count). The van der Waals surface area contributed by atoms with Gasteiger partial charge in [-0.3, -0.25) is 0 Å². The Morgan fingerprint density at radius 1 is 0.706 bits per heavy atom. The highest BCUT2D eigenvalue weighted by atomic mass is 16.3. The summed E-state index contributed by atoms with van der Waals surface area (Å²) in [6.07, 6.45) is 10.9. The minimum absolute atomic E-state index is 0.118. The van der Waals surface area contributed by atoms with Crippen LogP contribution in [0.15, 0.2) is 0 Å². The summed E-state index contributed by atoms with van der Waals surface area (Å²) in [5.41, 5.74) is -0.853. The van der Waals surface area contributed by atoms with Gasteiger partial charge in [-0.2, -0.15) is 0 Å². The fourth-order valence-corrected chi connectivity index (χ4v) is 2.85. The van der Waals surface area contributed by atoms with Gasteiger partial charge >= 0.3 is 0 Å². The average Bonchev–Trinajstić information content (AvgIpc) is 2.37. The number of aliphatic hydroxyl groups is 3. The van der Waals surface area contributed by atoms with Crippen molar-refractivity contribution >= 4 is 0 Å². The molecule has 102 valence electrons. The third kappa shape index (κ3) is 4.94. The van der Waals surface area contributed by atoms with Crippen molar-refractivity contribution in [2.75, 3.05) is 13.2 Å². The molecule has 0 aliphatic heterocycles. The van der Waals surface area contributed by atoms with E-state index in [9.17, 15) is 15.3 Å². The van der Waals surface area contributed by atoms with E-state index in [1.54, 1.807) is 0 Å². The van der Waals surface area contributed by atoms with Crippen LogP contribution >= 0.6 is 0 Å². The highest BCUT2D eigenvalue weighted by molar-refractivity contribution is 4.86. The quantitative estimate of drug-likeness (QED) is 0.713. The first-order valence-electron chi connectivity index (χ1n) is 7.17. The number of rotatable bonds is 3. The van der Waals surface area contributed by atoms with Gasteiger partial charge in [0.25, 0.3) is 0 Å². The van der Waals surface area contributed by atoms with Crippen LogP contribution in [0, 0.1) is 5.92 Å². The normalized spacial score (nSPS) is 23.3. The van der Waals surface area contributed by atoms with E-state index in [0.29, 0.717) is 0 Å². The van der Waals surface area contributed by atoms with Crippen molar-refractivity contribution in [2.45, 2.75) is 69.8 Å². The molecular formula is C14H28O3. The molecule has 0 heterocycles. The summed E-state index contributed by atoms with van der Waals surface area (Å²) in [7, 11) is 0. The first kappa shape index (κ1) is 14.9. The molecule has 0 unspecified atom stereocenters. The number of hydrogen-bond acceptors (Lipinski definition) is 3. The van der Waals surface area contributed by atoms with E-state index >= 15 is 0 Å². The second kappa shape index (κ2) is 8.06. The monoisotopic (exact) mass is 244 g/mol. The molecule has 1 aliphatic rings. The van der Waals surface area contributed by atoms with Crippen molar-refractivity contribution in [2.24, 2.45) is 5.92 Å². The Bertz CT molecular complexity index is 178. The zero-order valence-electron chi connectivity index (χ0n) is 10.9. The van der Waals surface area contributed by atoms with Gasteiger partial charge in [-0.1, -0.05) is 51.4 Å². The highest BCUT2D eigenvalue weighted by Gasteiger charge is 2.34. The van der Waals surface area contributed by atoms with Crippen molar-refractivity contribution in [1.82, 2.24) is 0 Å². The summed E-state index contributed by atoms with van der Waals surface area (Å²) in [4.78, 5) is 0. The molecule has 0 spiro atoms. The Labute approximate surface area is 105 Å². The lowest BCUT2D eigenvalue weighted by Gasteiger charge is -2.34. The van der Waals surface area contributed by atoms with Crippen molar-refractivity contribution < 1.29 is 15.3 Å². The fraction of sp³-hybridized carbons (Fsp3) is 1.00. The Morgan fingerprint density at radius 3 is 1.41 bits per heavy atom. The standard InChI is InChI=1S/C14H28O3/c15-11-13(12-16)14(17)9-7-5-3-1-2-4-6-8-10-14/h13,15-17H,1-12H2. The van der Waals surface area contributed by atoms with Crippen molar-refractivity contribution in [3.63, 3.8) is 0 Å². The molecule has 0 aromatic heterocycles. The molecule has 1 aliphatic carbocycles. The molecule has 0 bridgehead atoms. The fourth-order valence-electron chi connectivity index (χ4n) is 2.85. The highest BCUT2D eigenvalue weighted by Crippen LogP contribution is 2.31. The minimum atomic E-state index is -0.853. The topological polar surface area (TPSA) is 60.7 Å². The predicted octanol–water partition coefficient (Wildman–Crippen LogP) is 2.23. The van der Waals surface area contributed by atoms with Crippen LogP contribution in [0.4, 0.5) is 0 Å². The molecule has 3 N–H and O–H groups in total. The van der Waals surface area contributed by atoms with Crippen LogP contribution in [-0.4, -0.2) is 34.1 Å². The lowest BCUT2D eigenvalue weighted by atomic mass is 9.80. The molecule has 0 saturated heterocycles. The Balaban J connectivity index is 2.56. The van der Waals surface area contributed by atoms with Gasteiger partial charge in [0.15, 0.2) is 0 Å². The summed E-state index contributed by atoms with van der Waals surface area (Å²) >= 11 is 0. The first-order chi connectivity index (χ1) is 8.23. The summed E-state index contributed by atoms with van der Waals surface area (Å²) in [5.74, 6) is -0.372. The average molecular weight is 244 g/mol. The van der Waals surface area contributed by atoms with Gasteiger partial charge < -0.3 is 15.3 Å². The molecule has 17 heavy (non-hydrogen) atoms. The van der Waals surface area contributed by atoms with Crippen LogP contribution in [0.3, 0.4) is 0 Å². The van der Waals surface area contributed by atoms with Crippen LogP contribution < -0.4 is 0 Å². The molecule has 0 aromatic carbocycles. The molecule has 0 amide bonds. The number of aliphatic hydroxyl groups excluding tert-OH is 2. The van der Waals surface area contributed by atoms with E-state index < -0.39 is 5.60 Å². The summed E-state index contributed by atoms with van der Waals surface area (Å²) in [6, 6.07) is 0. The third-order valence-corrected chi connectivity index (χ3v) is 4.17. The zero-order valence-corrected chi connectivity index (χ0v) is 10.9. The second-order valence-electron chi connectivity index (χ2n) is 5.49. The van der Waals surface area contributed by atoms with E-state index in [0.717, 1.165) is 38.5 Å². The second-order valence-corrected chi connectivity index (χ2v) is 5.49. The van der Waals surface area contributed by atoms with Gasteiger partial charge in [0.1, 0.15) is 0 Å². The van der Waals surface area contributed by atoms with Crippen molar-refractivity contribution in [3.8, 4) is 0 Å². The lowest BCUT2D eigenvalue weighted by Crippen LogP contribution is -2.42. The van der Waals surface area contributed by atoms with E-state index in [1.165, 1.54) is 25.7 Å². The van der Waals surface area contributed by atoms with Gasteiger partial charge in [-0.05, 0) is 12.8 Å². The molecule has 0 radical (unpaired) electrons. The summed E-state index contributed by atoms with van der Waals surface area (Å²) < 4.78 is 0. The van der Waals surface area contributed by atoms with Gasteiger partial charge in [-0.25, -0.2) is 0 Å². The van der Waals surface area contributed by atoms with Crippen molar-refractivity contribution in [1.29, 1.82) is 0 Å². The predicted molar refractivity (Wildman–Crippen MR) is 68.8 cm³/mol. The first-order valence-corrected chi connectivity index (χ1v) is 7.17. The molecule has 3 heteroatoms. The maximum atomic E-state index is 10.6. The number of hydrogen-bond donors (Lipinski definition) is 3. The summed E-state index contributed by atoms with van der Waals surface area (Å²) in [6.45, 7) is -0.236. The van der Waals surface area contributed by atoms with E-state index in [4.69, 9.17) is 0 Å². The minimum Gasteiger partial charge on any atom is -0.396 e. The van der Waals surface area contributed by atoms with Crippen LogP contribution in [0.5, 0.6) is 0 Å². The zero-order chi connectivity index (χ0) is 12.6. The Morgan fingerprint density at radius 2 is 1.06 bits per heavy atom. The smallest absolute Gasteiger partial charge is 0.0719 e. The SMILES string of the molecule is OCC(CO)C1(O)CCCCCCCCCC1. The molecule has 1 fully saturated rings. The van der Waals surface area contributed by atoms with Crippen LogP contribution in [0.1, 0.15) is 64.2 Å². The molecule has 1 saturated carbocycles.